The van der Waals surface area contributed by atoms with E-state index < -0.39 is 0 Å². The molecule has 2 aromatic rings. The van der Waals surface area contributed by atoms with E-state index in [0.717, 1.165) is 43.8 Å². The molecular weight excluding hydrogens is 278 g/mol. The van der Waals surface area contributed by atoms with Crippen LogP contribution in [0.25, 0.3) is 5.52 Å². The summed E-state index contributed by atoms with van der Waals surface area (Å²) in [4.78, 5) is 7.01. The van der Waals surface area contributed by atoms with E-state index in [-0.39, 0.29) is 0 Å². The molecule has 22 heavy (non-hydrogen) atoms. The molecular formula is C16H23N5O. The van der Waals surface area contributed by atoms with Gasteiger partial charge in [0.25, 0.3) is 0 Å². The molecule has 118 valence electrons. The molecule has 6 heteroatoms. The van der Waals surface area contributed by atoms with Gasteiger partial charge in [0.2, 0.25) is 5.95 Å². The molecule has 4 rings (SSSR count). The minimum atomic E-state index is 0.491. The number of aromatic nitrogens is 3. The quantitative estimate of drug-likeness (QED) is 0.936. The molecule has 0 aromatic carbocycles. The van der Waals surface area contributed by atoms with Gasteiger partial charge in [-0.05, 0) is 37.8 Å². The third-order valence-corrected chi connectivity index (χ3v) is 4.87. The molecule has 0 unspecified atom stereocenters. The Labute approximate surface area is 130 Å². The van der Waals surface area contributed by atoms with Crippen molar-refractivity contribution in [2.45, 2.75) is 37.8 Å². The molecule has 1 N–H and O–H groups in total. The van der Waals surface area contributed by atoms with E-state index in [0.29, 0.717) is 6.04 Å². The topological polar surface area (TPSA) is 54.7 Å². The van der Waals surface area contributed by atoms with Crippen LogP contribution in [-0.4, -0.2) is 57.9 Å². The predicted molar refractivity (Wildman–Crippen MR) is 85.0 cm³/mol. The second-order valence-electron chi connectivity index (χ2n) is 6.26. The van der Waals surface area contributed by atoms with Crippen LogP contribution in [0.4, 0.5) is 5.95 Å². The van der Waals surface area contributed by atoms with Gasteiger partial charge in [-0.3, -0.25) is 4.90 Å². The van der Waals surface area contributed by atoms with Crippen LogP contribution in [0.3, 0.4) is 0 Å². The summed E-state index contributed by atoms with van der Waals surface area (Å²) in [6.45, 7) is 3.97. The Hall–Kier alpha value is -1.66. The molecule has 1 aliphatic heterocycles. The number of anilines is 1. The third-order valence-electron chi connectivity index (χ3n) is 4.87. The summed E-state index contributed by atoms with van der Waals surface area (Å²) in [5.74, 6) is 0.735. The van der Waals surface area contributed by atoms with E-state index >= 15 is 0 Å². The van der Waals surface area contributed by atoms with Crippen molar-refractivity contribution in [1.82, 2.24) is 19.5 Å². The van der Waals surface area contributed by atoms with Crippen LogP contribution in [0.5, 0.6) is 0 Å². The van der Waals surface area contributed by atoms with Gasteiger partial charge in [0.05, 0.1) is 24.9 Å². The van der Waals surface area contributed by atoms with Gasteiger partial charge in [-0.25, -0.2) is 9.50 Å². The first kappa shape index (κ1) is 14.0. The number of morpholine rings is 1. The maximum Gasteiger partial charge on any atom is 0.241 e. The monoisotopic (exact) mass is 301 g/mol. The van der Waals surface area contributed by atoms with Crippen molar-refractivity contribution in [3.8, 4) is 0 Å². The maximum absolute atomic E-state index is 5.45. The first-order valence-corrected chi connectivity index (χ1v) is 8.27. The van der Waals surface area contributed by atoms with Gasteiger partial charge in [-0.2, -0.15) is 0 Å². The summed E-state index contributed by atoms with van der Waals surface area (Å²) in [7, 11) is 0. The van der Waals surface area contributed by atoms with Crippen LogP contribution in [0, 0.1) is 0 Å². The van der Waals surface area contributed by atoms with Gasteiger partial charge in [0.15, 0.2) is 0 Å². The molecule has 1 saturated heterocycles. The predicted octanol–water partition coefficient (Wildman–Crippen LogP) is 1.78. The highest BCUT2D eigenvalue weighted by atomic mass is 16.5. The van der Waals surface area contributed by atoms with Crippen LogP contribution in [0.2, 0.25) is 0 Å². The summed E-state index contributed by atoms with van der Waals surface area (Å²) in [5.41, 5.74) is 1.03. The van der Waals surface area contributed by atoms with E-state index in [9.17, 15) is 0 Å². The van der Waals surface area contributed by atoms with Crippen LogP contribution < -0.4 is 5.32 Å². The highest BCUT2D eigenvalue weighted by molar-refractivity contribution is 5.45. The standard InChI is InChI=1S/C16H23N5O/c1-2-15-12-17-16(19-21(15)7-1)18-13-3-5-14(6-4-13)20-8-10-22-11-9-20/h1-2,7,12-14H,3-6,8-11H2,(H,18,19). The van der Waals surface area contributed by atoms with Crippen molar-refractivity contribution >= 4 is 11.5 Å². The number of nitrogens with zero attached hydrogens (tertiary/aromatic N) is 4. The molecule has 0 bridgehead atoms. The van der Waals surface area contributed by atoms with E-state index in [1.165, 1.54) is 25.7 Å². The second kappa shape index (κ2) is 6.22. The molecule has 2 fully saturated rings. The first-order valence-electron chi connectivity index (χ1n) is 8.27. The van der Waals surface area contributed by atoms with Crippen molar-refractivity contribution in [3.05, 3.63) is 24.5 Å². The van der Waals surface area contributed by atoms with Crippen LogP contribution in [-0.2, 0) is 4.74 Å². The maximum atomic E-state index is 5.45. The van der Waals surface area contributed by atoms with Crippen molar-refractivity contribution in [1.29, 1.82) is 0 Å². The summed E-state index contributed by atoms with van der Waals surface area (Å²) in [6, 6.07) is 5.22. The smallest absolute Gasteiger partial charge is 0.241 e. The van der Waals surface area contributed by atoms with Gasteiger partial charge in [-0.1, -0.05) is 0 Å². The zero-order valence-corrected chi connectivity index (χ0v) is 12.8. The van der Waals surface area contributed by atoms with Crippen LogP contribution >= 0.6 is 0 Å². The molecule has 3 heterocycles. The van der Waals surface area contributed by atoms with E-state index in [2.05, 4.69) is 20.3 Å². The van der Waals surface area contributed by atoms with Gasteiger partial charge < -0.3 is 10.1 Å². The van der Waals surface area contributed by atoms with E-state index in [4.69, 9.17) is 4.74 Å². The lowest BCUT2D eigenvalue weighted by atomic mass is 9.90. The zero-order chi connectivity index (χ0) is 14.8. The minimum absolute atomic E-state index is 0.491. The summed E-state index contributed by atoms with van der Waals surface area (Å²) in [6.07, 6.45) is 8.71. The average molecular weight is 301 g/mol. The molecule has 1 aliphatic carbocycles. The Morgan fingerprint density at radius 3 is 2.77 bits per heavy atom. The van der Waals surface area contributed by atoms with Gasteiger partial charge in [-0.15, -0.1) is 5.10 Å². The molecule has 2 aromatic heterocycles. The van der Waals surface area contributed by atoms with Gasteiger partial charge in [0, 0.05) is 31.4 Å². The molecule has 0 radical (unpaired) electrons. The molecule has 1 saturated carbocycles. The molecule has 6 nitrogen and oxygen atoms in total. The van der Waals surface area contributed by atoms with Crippen LogP contribution in [0.1, 0.15) is 25.7 Å². The lowest BCUT2D eigenvalue weighted by Crippen LogP contribution is -2.46. The number of rotatable bonds is 3. The Morgan fingerprint density at radius 2 is 1.95 bits per heavy atom. The van der Waals surface area contributed by atoms with E-state index in [1.54, 1.807) is 0 Å². The Morgan fingerprint density at radius 1 is 1.14 bits per heavy atom. The van der Waals surface area contributed by atoms with Gasteiger partial charge >= 0.3 is 0 Å². The van der Waals surface area contributed by atoms with Crippen LogP contribution in [0.15, 0.2) is 24.5 Å². The number of nitrogens with one attached hydrogen (secondary N) is 1. The molecule has 0 amide bonds. The fourth-order valence-corrected chi connectivity index (χ4v) is 3.61. The number of fused-ring (bicyclic) bond motifs is 1. The largest absolute Gasteiger partial charge is 0.379 e. The number of hydrogen-bond acceptors (Lipinski definition) is 5. The highest BCUT2D eigenvalue weighted by Crippen LogP contribution is 2.25. The second-order valence-corrected chi connectivity index (χ2v) is 6.26. The molecule has 2 aliphatic rings. The zero-order valence-electron chi connectivity index (χ0n) is 12.8. The fraction of sp³-hybridized carbons (Fsp3) is 0.625. The van der Waals surface area contributed by atoms with Gasteiger partial charge in [0.1, 0.15) is 0 Å². The Bertz CT molecular complexity index is 614. The fourth-order valence-electron chi connectivity index (χ4n) is 3.61. The third kappa shape index (κ3) is 2.94. The number of hydrogen-bond donors (Lipinski definition) is 1. The SMILES string of the molecule is c1cc2cnc(NC3CCC(N4CCOCC4)CC3)nn2c1. The van der Waals surface area contributed by atoms with Crippen molar-refractivity contribution in [2.24, 2.45) is 0 Å². The van der Waals surface area contributed by atoms with Crippen molar-refractivity contribution in [2.75, 3.05) is 31.6 Å². The summed E-state index contributed by atoms with van der Waals surface area (Å²) < 4.78 is 7.32. The lowest BCUT2D eigenvalue weighted by molar-refractivity contribution is 0.00790. The van der Waals surface area contributed by atoms with E-state index in [1.807, 2.05) is 29.0 Å². The lowest BCUT2D eigenvalue weighted by Gasteiger charge is -2.38. The Kier molecular flexibility index (Phi) is 3.95. The summed E-state index contributed by atoms with van der Waals surface area (Å²) >= 11 is 0. The average Bonchev–Trinajstić information content (AvgIpc) is 3.04. The van der Waals surface area contributed by atoms with Crippen molar-refractivity contribution < 1.29 is 4.74 Å². The first-order chi connectivity index (χ1) is 10.9. The number of ether oxygens (including phenoxy) is 1. The minimum Gasteiger partial charge on any atom is -0.379 e. The highest BCUT2D eigenvalue weighted by Gasteiger charge is 2.27. The normalized spacial score (nSPS) is 27.1. The molecule has 0 spiro atoms. The Balaban J connectivity index is 1.33. The van der Waals surface area contributed by atoms with Crippen molar-refractivity contribution in [3.63, 3.8) is 0 Å². The summed E-state index contributed by atoms with van der Waals surface area (Å²) in [5, 5.41) is 8.01. The molecule has 0 atom stereocenters.